The Labute approximate surface area is 168 Å². The summed E-state index contributed by atoms with van der Waals surface area (Å²) in [4.78, 5) is 26.4. The van der Waals surface area contributed by atoms with E-state index >= 15 is 0 Å². The van der Waals surface area contributed by atoms with Crippen LogP contribution in [0.2, 0.25) is 5.02 Å². The molecule has 2 amide bonds. The smallest absolute Gasteiger partial charge is 0.257 e. The van der Waals surface area contributed by atoms with Crippen LogP contribution in [0.3, 0.4) is 0 Å². The van der Waals surface area contributed by atoms with Crippen molar-refractivity contribution in [3.8, 4) is 5.69 Å². The Morgan fingerprint density at radius 3 is 2.61 bits per heavy atom. The number of hydrogen-bond acceptors (Lipinski definition) is 3. The third kappa shape index (κ3) is 4.23. The number of nitrogens with zero attached hydrogens (tertiary/aromatic N) is 3. The maximum absolute atomic E-state index is 12.8. The molecule has 0 aliphatic rings. The summed E-state index contributed by atoms with van der Waals surface area (Å²) in [5, 5.41) is 7.62. The van der Waals surface area contributed by atoms with Crippen LogP contribution in [0.5, 0.6) is 0 Å². The number of aromatic nitrogens is 2. The van der Waals surface area contributed by atoms with Crippen molar-refractivity contribution in [2.45, 2.75) is 13.8 Å². The molecule has 0 saturated carbocycles. The maximum atomic E-state index is 12.8. The first-order valence-corrected chi connectivity index (χ1v) is 9.16. The van der Waals surface area contributed by atoms with Gasteiger partial charge in [0.2, 0.25) is 5.91 Å². The van der Waals surface area contributed by atoms with Crippen molar-refractivity contribution < 1.29 is 9.59 Å². The van der Waals surface area contributed by atoms with Gasteiger partial charge in [-0.3, -0.25) is 9.59 Å². The van der Waals surface area contributed by atoms with Crippen LogP contribution in [0.25, 0.3) is 5.69 Å². The van der Waals surface area contributed by atoms with E-state index in [1.165, 1.54) is 11.1 Å². The van der Waals surface area contributed by atoms with Gasteiger partial charge in [-0.25, -0.2) is 4.68 Å². The van der Waals surface area contributed by atoms with Gasteiger partial charge in [-0.05, 0) is 43.7 Å². The Bertz CT molecular complexity index is 1030. The standard InChI is InChI=1S/C21H21ClN4O2/c1-14-7-4-5-10-19(14)26-15(2)18(12-23-26)21(28)25(3)13-20(27)24-17-9-6-8-16(22)11-17/h4-12H,13H2,1-3H3,(H,24,27). The first-order valence-electron chi connectivity index (χ1n) is 8.78. The maximum Gasteiger partial charge on any atom is 0.257 e. The van der Waals surface area contributed by atoms with Gasteiger partial charge in [-0.2, -0.15) is 5.10 Å². The zero-order valence-electron chi connectivity index (χ0n) is 15.9. The molecule has 2 aromatic carbocycles. The topological polar surface area (TPSA) is 67.2 Å². The molecule has 1 N–H and O–H groups in total. The average molecular weight is 397 g/mol. The normalized spacial score (nSPS) is 10.6. The minimum absolute atomic E-state index is 0.0830. The van der Waals surface area contributed by atoms with Crippen molar-refractivity contribution in [1.82, 2.24) is 14.7 Å². The van der Waals surface area contributed by atoms with Crippen LogP contribution in [0, 0.1) is 13.8 Å². The van der Waals surface area contributed by atoms with Crippen LogP contribution in [0.1, 0.15) is 21.6 Å². The predicted octanol–water partition coefficient (Wildman–Crippen LogP) is 3.85. The van der Waals surface area contributed by atoms with E-state index in [9.17, 15) is 9.59 Å². The van der Waals surface area contributed by atoms with Gasteiger partial charge in [0.05, 0.1) is 29.7 Å². The van der Waals surface area contributed by atoms with Gasteiger partial charge < -0.3 is 10.2 Å². The summed E-state index contributed by atoms with van der Waals surface area (Å²) >= 11 is 5.92. The van der Waals surface area contributed by atoms with E-state index in [2.05, 4.69) is 10.4 Å². The second-order valence-electron chi connectivity index (χ2n) is 6.56. The summed E-state index contributed by atoms with van der Waals surface area (Å²) in [5.74, 6) is -0.569. The molecule has 3 rings (SSSR count). The molecule has 1 aromatic heterocycles. The number of para-hydroxylation sites is 1. The molecule has 3 aromatic rings. The van der Waals surface area contributed by atoms with Crippen LogP contribution in [-0.4, -0.2) is 40.1 Å². The minimum atomic E-state index is -0.304. The summed E-state index contributed by atoms with van der Waals surface area (Å²) in [5.41, 5.74) is 3.74. The van der Waals surface area contributed by atoms with Crippen LogP contribution in [0.4, 0.5) is 5.69 Å². The molecule has 0 radical (unpaired) electrons. The lowest BCUT2D eigenvalue weighted by atomic mass is 10.2. The molecule has 0 aliphatic heterocycles. The van der Waals surface area contributed by atoms with E-state index < -0.39 is 0 Å². The largest absolute Gasteiger partial charge is 0.332 e. The second-order valence-corrected chi connectivity index (χ2v) is 7.00. The number of halogens is 1. The van der Waals surface area contributed by atoms with Crippen molar-refractivity contribution in [2.75, 3.05) is 18.9 Å². The highest BCUT2D eigenvalue weighted by atomic mass is 35.5. The Kier molecular flexibility index (Phi) is 5.80. The van der Waals surface area contributed by atoms with Gasteiger partial charge in [0.25, 0.3) is 5.91 Å². The fraction of sp³-hybridized carbons (Fsp3) is 0.190. The van der Waals surface area contributed by atoms with E-state index in [-0.39, 0.29) is 18.4 Å². The van der Waals surface area contributed by atoms with E-state index in [0.29, 0.717) is 16.3 Å². The number of nitrogens with one attached hydrogen (secondary N) is 1. The molecule has 144 valence electrons. The van der Waals surface area contributed by atoms with E-state index in [1.807, 2.05) is 38.1 Å². The quantitative estimate of drug-likeness (QED) is 0.712. The number of anilines is 1. The van der Waals surface area contributed by atoms with Crippen LogP contribution in [0.15, 0.2) is 54.7 Å². The Balaban J connectivity index is 1.72. The molecule has 0 bridgehead atoms. The number of carbonyl (C=O) groups excluding carboxylic acids is 2. The zero-order chi connectivity index (χ0) is 20.3. The van der Waals surface area contributed by atoms with Crippen molar-refractivity contribution in [1.29, 1.82) is 0 Å². The van der Waals surface area contributed by atoms with Gasteiger partial charge in [0.15, 0.2) is 0 Å². The van der Waals surface area contributed by atoms with Crippen LogP contribution < -0.4 is 5.32 Å². The summed E-state index contributed by atoms with van der Waals surface area (Å²) in [6, 6.07) is 14.7. The number of likely N-dealkylation sites (N-methyl/N-ethyl adjacent to an activating group) is 1. The number of amides is 2. The Morgan fingerprint density at radius 1 is 1.14 bits per heavy atom. The van der Waals surface area contributed by atoms with Crippen molar-refractivity contribution in [3.63, 3.8) is 0 Å². The second kappa shape index (κ2) is 8.27. The zero-order valence-corrected chi connectivity index (χ0v) is 16.7. The first-order chi connectivity index (χ1) is 13.4. The van der Waals surface area contributed by atoms with Gasteiger partial charge in [0, 0.05) is 17.8 Å². The average Bonchev–Trinajstić information content (AvgIpc) is 3.02. The summed E-state index contributed by atoms with van der Waals surface area (Å²) < 4.78 is 1.74. The van der Waals surface area contributed by atoms with E-state index in [1.54, 1.807) is 36.0 Å². The number of rotatable bonds is 5. The monoisotopic (exact) mass is 396 g/mol. The molecule has 0 saturated heterocycles. The fourth-order valence-electron chi connectivity index (χ4n) is 2.92. The molecule has 28 heavy (non-hydrogen) atoms. The van der Waals surface area contributed by atoms with E-state index in [4.69, 9.17) is 11.6 Å². The van der Waals surface area contributed by atoms with Crippen molar-refractivity contribution in [3.05, 3.63) is 76.6 Å². The fourth-order valence-corrected chi connectivity index (χ4v) is 3.11. The molecule has 0 aliphatic carbocycles. The van der Waals surface area contributed by atoms with Crippen LogP contribution in [-0.2, 0) is 4.79 Å². The Hall–Kier alpha value is -3.12. The summed E-state index contributed by atoms with van der Waals surface area (Å²) in [6.45, 7) is 3.75. The molecule has 7 heteroatoms. The molecule has 0 fully saturated rings. The molecular formula is C21H21ClN4O2. The third-order valence-electron chi connectivity index (χ3n) is 4.42. The molecule has 0 spiro atoms. The lowest BCUT2D eigenvalue weighted by Crippen LogP contribution is -2.35. The first kappa shape index (κ1) is 19.6. The minimum Gasteiger partial charge on any atom is -0.332 e. The molecule has 1 heterocycles. The number of hydrogen-bond donors (Lipinski definition) is 1. The molecule has 0 unspecified atom stereocenters. The van der Waals surface area contributed by atoms with Crippen molar-refractivity contribution >= 4 is 29.1 Å². The lowest BCUT2D eigenvalue weighted by Gasteiger charge is -2.17. The molecule has 6 nitrogen and oxygen atoms in total. The lowest BCUT2D eigenvalue weighted by molar-refractivity contribution is -0.116. The van der Waals surface area contributed by atoms with Crippen molar-refractivity contribution in [2.24, 2.45) is 0 Å². The summed E-state index contributed by atoms with van der Waals surface area (Å²) in [7, 11) is 1.59. The highest BCUT2D eigenvalue weighted by molar-refractivity contribution is 6.30. The van der Waals surface area contributed by atoms with E-state index in [0.717, 1.165) is 16.9 Å². The molecule has 0 atom stereocenters. The Morgan fingerprint density at radius 2 is 1.89 bits per heavy atom. The number of carbonyl (C=O) groups is 2. The van der Waals surface area contributed by atoms with Gasteiger partial charge in [0.1, 0.15) is 0 Å². The van der Waals surface area contributed by atoms with Gasteiger partial charge >= 0.3 is 0 Å². The van der Waals surface area contributed by atoms with Gasteiger partial charge in [-0.15, -0.1) is 0 Å². The SMILES string of the molecule is Cc1ccccc1-n1ncc(C(=O)N(C)CC(=O)Nc2cccc(Cl)c2)c1C. The number of aryl methyl sites for hydroxylation is 1. The molecular weight excluding hydrogens is 376 g/mol. The third-order valence-corrected chi connectivity index (χ3v) is 4.65. The van der Waals surface area contributed by atoms with Gasteiger partial charge in [-0.1, -0.05) is 35.9 Å². The number of benzene rings is 2. The predicted molar refractivity (Wildman–Crippen MR) is 110 cm³/mol. The summed E-state index contributed by atoms with van der Waals surface area (Å²) in [6.07, 6.45) is 1.54. The highest BCUT2D eigenvalue weighted by Gasteiger charge is 2.21. The highest BCUT2D eigenvalue weighted by Crippen LogP contribution is 2.19. The van der Waals surface area contributed by atoms with Crippen LogP contribution >= 0.6 is 11.6 Å².